The molecule has 2 fully saturated rings. The largest absolute Gasteiger partial charge is 0.481 e. The van der Waals surface area contributed by atoms with Crippen LogP contribution in [0.1, 0.15) is 38.5 Å². The summed E-state index contributed by atoms with van der Waals surface area (Å²) in [5, 5.41) is 12.2. The number of hydrogen-bond donors (Lipinski definition) is 2. The van der Waals surface area contributed by atoms with Crippen molar-refractivity contribution in [2.75, 3.05) is 27.2 Å². The summed E-state index contributed by atoms with van der Waals surface area (Å²) in [6.45, 7) is 1.50. The van der Waals surface area contributed by atoms with Crippen molar-refractivity contribution < 1.29 is 14.7 Å². The maximum Gasteiger partial charge on any atom is 0.317 e. The van der Waals surface area contributed by atoms with Gasteiger partial charge in [-0.05, 0) is 39.8 Å². The highest BCUT2D eigenvalue weighted by Crippen LogP contribution is 2.25. The Morgan fingerprint density at radius 2 is 1.71 bits per heavy atom. The molecule has 21 heavy (non-hydrogen) atoms. The van der Waals surface area contributed by atoms with Gasteiger partial charge in [-0.15, -0.1) is 0 Å². The van der Waals surface area contributed by atoms with Gasteiger partial charge < -0.3 is 20.2 Å². The third-order valence-corrected chi connectivity index (χ3v) is 4.87. The van der Waals surface area contributed by atoms with Crippen molar-refractivity contribution in [1.82, 2.24) is 15.1 Å². The SMILES string of the molecule is CN(C)C1CCN(C(=O)NC2CCCCC2C(=O)O)CC1. The zero-order valence-electron chi connectivity index (χ0n) is 13.0. The Hall–Kier alpha value is -1.30. The molecule has 2 N–H and O–H groups in total. The molecule has 0 aromatic carbocycles. The van der Waals surface area contributed by atoms with Gasteiger partial charge in [0.1, 0.15) is 0 Å². The highest BCUT2D eigenvalue weighted by Gasteiger charge is 2.33. The van der Waals surface area contributed by atoms with Gasteiger partial charge in [0, 0.05) is 25.2 Å². The predicted molar refractivity (Wildman–Crippen MR) is 80.2 cm³/mol. The van der Waals surface area contributed by atoms with E-state index in [4.69, 9.17) is 0 Å². The number of carboxylic acid groups (broad SMARTS) is 1. The first-order valence-corrected chi connectivity index (χ1v) is 7.93. The topological polar surface area (TPSA) is 72.9 Å². The number of carbonyl (C=O) groups is 2. The van der Waals surface area contributed by atoms with Crippen molar-refractivity contribution >= 4 is 12.0 Å². The van der Waals surface area contributed by atoms with Crippen molar-refractivity contribution in [3.05, 3.63) is 0 Å². The van der Waals surface area contributed by atoms with E-state index in [1.165, 1.54) is 0 Å². The molecule has 0 bridgehead atoms. The summed E-state index contributed by atoms with van der Waals surface area (Å²) in [6.07, 6.45) is 5.34. The molecule has 1 saturated heterocycles. The Kier molecular flexibility index (Phi) is 5.45. The predicted octanol–water partition coefficient (Wildman–Crippen LogP) is 1.37. The van der Waals surface area contributed by atoms with E-state index in [1.54, 1.807) is 0 Å². The average molecular weight is 297 g/mol. The summed E-state index contributed by atoms with van der Waals surface area (Å²) < 4.78 is 0. The number of carboxylic acids is 1. The van der Waals surface area contributed by atoms with Crippen molar-refractivity contribution in [2.24, 2.45) is 5.92 Å². The number of urea groups is 1. The third-order valence-electron chi connectivity index (χ3n) is 4.87. The average Bonchev–Trinajstić information content (AvgIpc) is 2.47. The van der Waals surface area contributed by atoms with Crippen molar-refractivity contribution in [3.63, 3.8) is 0 Å². The molecule has 1 heterocycles. The van der Waals surface area contributed by atoms with E-state index in [0.717, 1.165) is 45.2 Å². The molecule has 0 aromatic rings. The molecule has 1 saturated carbocycles. The Balaban J connectivity index is 1.85. The molecular weight excluding hydrogens is 270 g/mol. The molecule has 2 rings (SSSR count). The fraction of sp³-hybridized carbons (Fsp3) is 0.867. The number of rotatable bonds is 3. The van der Waals surface area contributed by atoms with E-state index >= 15 is 0 Å². The smallest absolute Gasteiger partial charge is 0.317 e. The number of aliphatic carboxylic acids is 1. The highest BCUT2D eigenvalue weighted by molar-refractivity contribution is 5.77. The Bertz CT molecular complexity index is 378. The van der Waals surface area contributed by atoms with E-state index in [2.05, 4.69) is 24.3 Å². The van der Waals surface area contributed by atoms with Gasteiger partial charge in [0.2, 0.25) is 0 Å². The number of amides is 2. The van der Waals surface area contributed by atoms with E-state index in [1.807, 2.05) is 4.90 Å². The lowest BCUT2D eigenvalue weighted by atomic mass is 9.84. The fourth-order valence-corrected chi connectivity index (χ4v) is 3.43. The van der Waals surface area contributed by atoms with Crippen LogP contribution in [0.25, 0.3) is 0 Å². The Morgan fingerprint density at radius 3 is 2.29 bits per heavy atom. The molecular formula is C15H27N3O3. The van der Waals surface area contributed by atoms with Gasteiger partial charge in [0.25, 0.3) is 0 Å². The van der Waals surface area contributed by atoms with Gasteiger partial charge in [-0.3, -0.25) is 4.79 Å². The molecule has 0 spiro atoms. The van der Waals surface area contributed by atoms with Gasteiger partial charge in [0.05, 0.1) is 5.92 Å². The van der Waals surface area contributed by atoms with Gasteiger partial charge in [-0.25, -0.2) is 4.79 Å². The number of likely N-dealkylation sites (tertiary alicyclic amines) is 1. The van der Waals surface area contributed by atoms with Crippen LogP contribution in [0.2, 0.25) is 0 Å². The first-order valence-electron chi connectivity index (χ1n) is 7.93. The molecule has 1 aliphatic carbocycles. The van der Waals surface area contributed by atoms with Gasteiger partial charge >= 0.3 is 12.0 Å². The minimum Gasteiger partial charge on any atom is -0.481 e. The second kappa shape index (κ2) is 7.11. The molecule has 6 nitrogen and oxygen atoms in total. The second-order valence-electron chi connectivity index (χ2n) is 6.47. The minimum absolute atomic E-state index is 0.0923. The lowest BCUT2D eigenvalue weighted by molar-refractivity contribution is -0.143. The summed E-state index contributed by atoms with van der Waals surface area (Å²) in [5.74, 6) is -1.21. The van der Waals surface area contributed by atoms with Crippen LogP contribution in [-0.4, -0.2) is 66.2 Å². The van der Waals surface area contributed by atoms with Crippen LogP contribution >= 0.6 is 0 Å². The number of nitrogens with zero attached hydrogens (tertiary/aromatic N) is 2. The van der Waals surface area contributed by atoms with E-state index in [9.17, 15) is 14.7 Å². The molecule has 2 atom stereocenters. The van der Waals surface area contributed by atoms with Crippen LogP contribution in [0.15, 0.2) is 0 Å². The fourth-order valence-electron chi connectivity index (χ4n) is 3.43. The first kappa shape index (κ1) is 16.1. The second-order valence-corrected chi connectivity index (χ2v) is 6.47. The molecule has 120 valence electrons. The number of carbonyl (C=O) groups excluding carboxylic acids is 1. The number of hydrogen-bond acceptors (Lipinski definition) is 3. The Labute approximate surface area is 126 Å². The molecule has 1 aliphatic heterocycles. The van der Waals surface area contributed by atoms with Crippen molar-refractivity contribution in [2.45, 2.75) is 50.6 Å². The van der Waals surface area contributed by atoms with Crippen LogP contribution in [0, 0.1) is 5.92 Å². The molecule has 2 aliphatic rings. The summed E-state index contributed by atoms with van der Waals surface area (Å²) in [7, 11) is 4.14. The normalized spacial score (nSPS) is 27.7. The number of nitrogens with one attached hydrogen (secondary N) is 1. The van der Waals surface area contributed by atoms with E-state index in [0.29, 0.717) is 12.5 Å². The minimum atomic E-state index is -0.786. The zero-order valence-corrected chi connectivity index (χ0v) is 13.0. The van der Waals surface area contributed by atoms with Crippen molar-refractivity contribution in [1.29, 1.82) is 0 Å². The van der Waals surface area contributed by atoms with Crippen LogP contribution in [0.4, 0.5) is 4.79 Å². The maximum atomic E-state index is 12.3. The van der Waals surface area contributed by atoms with Gasteiger partial charge in [0.15, 0.2) is 0 Å². The summed E-state index contributed by atoms with van der Waals surface area (Å²) in [4.78, 5) is 27.6. The summed E-state index contributed by atoms with van der Waals surface area (Å²) in [5.41, 5.74) is 0. The lowest BCUT2D eigenvalue weighted by Gasteiger charge is -2.37. The molecule has 0 radical (unpaired) electrons. The zero-order chi connectivity index (χ0) is 15.4. The van der Waals surface area contributed by atoms with Crippen LogP contribution in [-0.2, 0) is 4.79 Å². The third kappa shape index (κ3) is 4.09. The Morgan fingerprint density at radius 1 is 1.10 bits per heavy atom. The number of piperidine rings is 1. The van der Waals surface area contributed by atoms with E-state index < -0.39 is 11.9 Å². The molecule has 0 aromatic heterocycles. The molecule has 2 amide bonds. The van der Waals surface area contributed by atoms with E-state index in [-0.39, 0.29) is 12.1 Å². The van der Waals surface area contributed by atoms with Crippen LogP contribution < -0.4 is 5.32 Å². The first-order chi connectivity index (χ1) is 9.99. The molecule has 6 heteroatoms. The van der Waals surface area contributed by atoms with Crippen LogP contribution in [0.5, 0.6) is 0 Å². The van der Waals surface area contributed by atoms with Gasteiger partial charge in [-0.2, -0.15) is 0 Å². The monoisotopic (exact) mass is 297 g/mol. The van der Waals surface area contributed by atoms with Gasteiger partial charge in [-0.1, -0.05) is 12.8 Å². The van der Waals surface area contributed by atoms with Crippen molar-refractivity contribution in [3.8, 4) is 0 Å². The summed E-state index contributed by atoms with van der Waals surface area (Å²) in [6, 6.07) is 0.233. The highest BCUT2D eigenvalue weighted by atomic mass is 16.4. The lowest BCUT2D eigenvalue weighted by Crippen LogP contribution is -2.53. The maximum absolute atomic E-state index is 12.3. The standard InChI is InChI=1S/C15H27N3O3/c1-17(2)11-7-9-18(10-8-11)15(21)16-13-6-4-3-5-12(13)14(19)20/h11-13H,3-10H2,1-2H3,(H,16,21)(H,19,20). The van der Waals surface area contributed by atoms with Crippen LogP contribution in [0.3, 0.4) is 0 Å². The molecule has 2 unspecified atom stereocenters. The summed E-state index contributed by atoms with van der Waals surface area (Å²) >= 11 is 0. The quantitative estimate of drug-likeness (QED) is 0.825.